The Hall–Kier alpha value is -2.37. The van der Waals surface area contributed by atoms with Gasteiger partial charge in [0.15, 0.2) is 0 Å². The Labute approximate surface area is 97.4 Å². The first kappa shape index (κ1) is 11.1. The molecular weight excluding hydrogens is 222 g/mol. The monoisotopic (exact) mass is 234 g/mol. The lowest BCUT2D eigenvalue weighted by Crippen LogP contribution is -2.36. The summed E-state index contributed by atoms with van der Waals surface area (Å²) in [6.07, 6.45) is 0. The van der Waals surface area contributed by atoms with Crippen molar-refractivity contribution in [1.82, 2.24) is 10.3 Å². The Bertz CT molecular complexity index is 563. The zero-order valence-corrected chi connectivity index (χ0v) is 9.47. The topological polar surface area (TPSA) is 79.1 Å². The van der Waals surface area contributed by atoms with E-state index in [0.717, 1.165) is 0 Å². The van der Waals surface area contributed by atoms with Gasteiger partial charge in [-0.05, 0) is 12.1 Å². The van der Waals surface area contributed by atoms with Gasteiger partial charge in [-0.1, -0.05) is 17.3 Å². The van der Waals surface area contributed by atoms with Gasteiger partial charge in [-0.3, -0.25) is 0 Å². The number of aromatic nitrogens is 3. The minimum atomic E-state index is -1.04. The molecule has 6 nitrogen and oxygen atoms in total. The number of aryl methyl sites for hydroxylation is 1. The number of H-pyrrole nitrogens is 1. The fraction of sp³-hybridized carbons (Fsp3) is 0.182. The van der Waals surface area contributed by atoms with Gasteiger partial charge in [-0.2, -0.15) is 4.68 Å². The van der Waals surface area contributed by atoms with Crippen molar-refractivity contribution in [3.05, 3.63) is 30.0 Å². The Morgan fingerprint density at radius 2 is 2.18 bits per heavy atom. The van der Waals surface area contributed by atoms with Crippen LogP contribution in [0.3, 0.4) is 0 Å². The van der Waals surface area contributed by atoms with Gasteiger partial charge in [0.05, 0.1) is 12.7 Å². The zero-order valence-electron chi connectivity index (χ0n) is 9.47. The predicted molar refractivity (Wildman–Crippen MR) is 58.7 cm³/mol. The van der Waals surface area contributed by atoms with Crippen molar-refractivity contribution < 1.29 is 19.3 Å². The molecule has 1 aromatic carbocycles. The maximum absolute atomic E-state index is 11.2. The predicted octanol–water partition coefficient (Wildman–Crippen LogP) is 0.608. The lowest BCUT2D eigenvalue weighted by atomic mass is 10.1. The molecule has 1 aromatic heterocycles. The molecule has 1 heterocycles. The van der Waals surface area contributed by atoms with Crippen molar-refractivity contribution >= 4 is 5.97 Å². The van der Waals surface area contributed by atoms with E-state index in [-0.39, 0.29) is 5.69 Å². The van der Waals surface area contributed by atoms with Crippen LogP contribution in [-0.4, -0.2) is 28.5 Å². The van der Waals surface area contributed by atoms with E-state index in [1.165, 1.54) is 11.8 Å². The molecule has 0 aliphatic carbocycles. The molecule has 0 aliphatic heterocycles. The summed E-state index contributed by atoms with van der Waals surface area (Å²) in [6, 6.07) is 7.14. The van der Waals surface area contributed by atoms with Crippen LogP contribution in [0.5, 0.6) is 5.75 Å². The van der Waals surface area contributed by atoms with Crippen molar-refractivity contribution in [2.75, 3.05) is 7.11 Å². The number of methoxy groups -OCH3 is 1. The van der Waals surface area contributed by atoms with Crippen LogP contribution >= 0.6 is 0 Å². The molecule has 0 spiro atoms. The average molecular weight is 234 g/mol. The molecule has 0 radical (unpaired) electrons. The third-order valence-electron chi connectivity index (χ3n) is 2.44. The molecule has 0 amide bonds. The summed E-state index contributed by atoms with van der Waals surface area (Å²) in [7, 11) is 3.13. The van der Waals surface area contributed by atoms with Crippen LogP contribution in [0, 0.1) is 0 Å². The molecule has 2 N–H and O–H groups in total. The highest BCUT2D eigenvalue weighted by molar-refractivity contribution is 5.91. The SMILES string of the molecule is COc1ccccc1-c1n[nH][n+](C)c1C(=O)O. The summed E-state index contributed by atoms with van der Waals surface area (Å²) in [4.78, 5) is 11.2. The van der Waals surface area contributed by atoms with Crippen molar-refractivity contribution in [3.63, 3.8) is 0 Å². The normalized spacial score (nSPS) is 10.2. The fourth-order valence-corrected chi connectivity index (χ4v) is 1.66. The van der Waals surface area contributed by atoms with Gasteiger partial charge in [-0.25, -0.2) is 4.79 Å². The quantitative estimate of drug-likeness (QED) is 0.762. The zero-order chi connectivity index (χ0) is 12.4. The fourth-order valence-electron chi connectivity index (χ4n) is 1.66. The van der Waals surface area contributed by atoms with Gasteiger partial charge < -0.3 is 9.84 Å². The van der Waals surface area contributed by atoms with E-state index in [2.05, 4.69) is 10.3 Å². The second kappa shape index (κ2) is 4.25. The Balaban J connectivity index is 2.65. The maximum atomic E-state index is 11.2. The van der Waals surface area contributed by atoms with Gasteiger partial charge in [0, 0.05) is 5.10 Å². The number of nitrogens with one attached hydrogen (secondary N) is 1. The number of carbonyl (C=O) groups is 1. The minimum absolute atomic E-state index is 0.0921. The molecule has 0 saturated heterocycles. The summed E-state index contributed by atoms with van der Waals surface area (Å²) in [6.45, 7) is 0. The number of aromatic amines is 1. The number of benzene rings is 1. The van der Waals surface area contributed by atoms with Crippen molar-refractivity contribution in [2.24, 2.45) is 7.05 Å². The number of aromatic carboxylic acids is 1. The Morgan fingerprint density at radius 1 is 1.47 bits per heavy atom. The molecule has 2 aromatic rings. The molecule has 88 valence electrons. The molecule has 2 rings (SSSR count). The van der Waals surface area contributed by atoms with E-state index in [1.807, 2.05) is 6.07 Å². The summed E-state index contributed by atoms with van der Waals surface area (Å²) in [5.74, 6) is -0.454. The summed E-state index contributed by atoms with van der Waals surface area (Å²) < 4.78 is 6.54. The second-order valence-electron chi connectivity index (χ2n) is 3.47. The number of ether oxygens (including phenoxy) is 1. The molecule has 0 aliphatic rings. The number of hydrogen-bond donors (Lipinski definition) is 2. The highest BCUT2D eigenvalue weighted by Gasteiger charge is 2.28. The first-order valence-corrected chi connectivity index (χ1v) is 4.96. The molecule has 17 heavy (non-hydrogen) atoms. The molecular formula is C11H12N3O3+. The van der Waals surface area contributed by atoms with Crippen LogP contribution < -0.4 is 9.42 Å². The highest BCUT2D eigenvalue weighted by atomic mass is 16.5. The van der Waals surface area contributed by atoms with Gasteiger partial charge >= 0.3 is 5.97 Å². The molecule has 0 fully saturated rings. The lowest BCUT2D eigenvalue weighted by molar-refractivity contribution is -0.732. The van der Waals surface area contributed by atoms with Crippen LogP contribution in [0.25, 0.3) is 11.3 Å². The van der Waals surface area contributed by atoms with Gasteiger partial charge in [0.1, 0.15) is 12.8 Å². The molecule has 0 atom stereocenters. The van der Waals surface area contributed by atoms with Gasteiger partial charge in [-0.15, -0.1) is 0 Å². The van der Waals surface area contributed by atoms with Crippen molar-refractivity contribution in [2.45, 2.75) is 0 Å². The van der Waals surface area contributed by atoms with Crippen LogP contribution in [0.15, 0.2) is 24.3 Å². The van der Waals surface area contributed by atoms with Crippen molar-refractivity contribution in [1.29, 1.82) is 0 Å². The minimum Gasteiger partial charge on any atom is -0.496 e. The van der Waals surface area contributed by atoms with Crippen LogP contribution in [0.1, 0.15) is 10.5 Å². The average Bonchev–Trinajstić information content (AvgIpc) is 2.71. The number of para-hydroxylation sites is 1. The Kier molecular flexibility index (Phi) is 2.78. The van der Waals surface area contributed by atoms with Gasteiger partial charge in [0.25, 0.3) is 11.4 Å². The molecule has 6 heteroatoms. The summed E-state index contributed by atoms with van der Waals surface area (Å²) >= 11 is 0. The largest absolute Gasteiger partial charge is 0.496 e. The summed E-state index contributed by atoms with van der Waals surface area (Å²) in [5.41, 5.74) is 1.09. The van der Waals surface area contributed by atoms with Crippen LogP contribution in [0.4, 0.5) is 0 Å². The molecule has 0 bridgehead atoms. The maximum Gasteiger partial charge on any atom is 0.382 e. The number of carboxylic acids is 1. The Morgan fingerprint density at radius 3 is 2.82 bits per heavy atom. The molecule has 0 unspecified atom stereocenters. The number of nitrogens with zero attached hydrogens (tertiary/aromatic N) is 2. The third kappa shape index (κ3) is 1.84. The van der Waals surface area contributed by atoms with E-state index >= 15 is 0 Å². The van der Waals surface area contributed by atoms with E-state index < -0.39 is 5.97 Å². The number of hydrogen-bond acceptors (Lipinski definition) is 3. The smallest absolute Gasteiger partial charge is 0.382 e. The van der Waals surface area contributed by atoms with Gasteiger partial charge in [0.2, 0.25) is 0 Å². The van der Waals surface area contributed by atoms with Crippen LogP contribution in [0.2, 0.25) is 0 Å². The van der Waals surface area contributed by atoms with Crippen molar-refractivity contribution in [3.8, 4) is 17.0 Å². The molecule has 0 saturated carbocycles. The number of rotatable bonds is 3. The summed E-state index contributed by atoms with van der Waals surface area (Å²) in [5, 5.41) is 15.7. The first-order valence-electron chi connectivity index (χ1n) is 4.96. The third-order valence-corrected chi connectivity index (χ3v) is 2.44. The van der Waals surface area contributed by atoms with E-state index in [0.29, 0.717) is 17.0 Å². The van der Waals surface area contributed by atoms with E-state index in [9.17, 15) is 4.79 Å². The van der Waals surface area contributed by atoms with Crippen LogP contribution in [-0.2, 0) is 7.05 Å². The standard InChI is InChI=1S/C11H11N3O3/c1-14-10(11(15)16)9(12-13-14)7-5-3-4-6-8(7)17-2/h3-6H,1-2H3,(H,15,16)/p+1. The van der Waals surface area contributed by atoms with E-state index in [4.69, 9.17) is 9.84 Å². The highest BCUT2D eigenvalue weighted by Crippen LogP contribution is 2.28. The number of carboxylic acid groups (broad SMARTS) is 1. The lowest BCUT2D eigenvalue weighted by Gasteiger charge is -2.02. The van der Waals surface area contributed by atoms with E-state index in [1.54, 1.807) is 25.2 Å². The first-order chi connectivity index (χ1) is 8.15. The second-order valence-corrected chi connectivity index (χ2v) is 3.47.